The second kappa shape index (κ2) is 8.32. The van der Waals surface area contributed by atoms with Gasteiger partial charge in [-0.15, -0.1) is 11.3 Å². The van der Waals surface area contributed by atoms with E-state index in [4.69, 9.17) is 0 Å². The highest BCUT2D eigenvalue weighted by Gasteiger charge is 2.28. The third kappa shape index (κ3) is 3.93. The van der Waals surface area contributed by atoms with Crippen molar-refractivity contribution in [1.82, 2.24) is 9.55 Å². The summed E-state index contributed by atoms with van der Waals surface area (Å²) in [5.74, 6) is -0.0504. The van der Waals surface area contributed by atoms with Crippen LogP contribution in [0.1, 0.15) is 36.1 Å². The molecular weight excluding hydrogens is 448 g/mol. The molecule has 2 aromatic heterocycles. The summed E-state index contributed by atoms with van der Waals surface area (Å²) in [5, 5.41) is 3.53. The molecule has 3 heterocycles. The topological polar surface area (TPSA) is 101 Å². The van der Waals surface area contributed by atoms with E-state index in [1.165, 1.54) is 20.1 Å². The molecule has 0 saturated carbocycles. The molecule has 0 unspecified atom stereocenters. The lowest BCUT2D eigenvalue weighted by molar-refractivity contribution is -0.116. The van der Waals surface area contributed by atoms with Gasteiger partial charge in [-0.2, -0.15) is 0 Å². The summed E-state index contributed by atoms with van der Waals surface area (Å²) >= 11 is 1.61. The van der Waals surface area contributed by atoms with Crippen LogP contribution in [-0.4, -0.2) is 36.2 Å². The number of hydrogen-bond acceptors (Lipinski definition) is 6. The highest BCUT2D eigenvalue weighted by Crippen LogP contribution is 2.33. The zero-order chi connectivity index (χ0) is 22.3. The molecular formula is C22H24N4O4S2. The monoisotopic (exact) mass is 472 g/mol. The first kappa shape index (κ1) is 21.1. The van der Waals surface area contributed by atoms with Crippen LogP contribution in [0.3, 0.4) is 0 Å². The minimum absolute atomic E-state index is 0.0709. The lowest BCUT2D eigenvalue weighted by atomic mass is 9.97. The van der Waals surface area contributed by atoms with Crippen molar-refractivity contribution in [3.63, 3.8) is 0 Å². The average Bonchev–Trinajstić information content (AvgIpc) is 3.33. The summed E-state index contributed by atoms with van der Waals surface area (Å²) in [6.45, 7) is 0.733. The Hall–Kier alpha value is -2.72. The predicted molar refractivity (Wildman–Crippen MR) is 126 cm³/mol. The fourth-order valence-corrected chi connectivity index (χ4v) is 7.21. The number of benzene rings is 1. The molecule has 0 atom stereocenters. The van der Waals surface area contributed by atoms with Gasteiger partial charge in [0.2, 0.25) is 15.9 Å². The van der Waals surface area contributed by atoms with Crippen LogP contribution in [0.5, 0.6) is 0 Å². The van der Waals surface area contributed by atoms with Crippen molar-refractivity contribution in [2.75, 3.05) is 21.9 Å². The molecule has 1 fully saturated rings. The minimum atomic E-state index is -3.23. The summed E-state index contributed by atoms with van der Waals surface area (Å²) in [7, 11) is -3.23. The Kier molecular flexibility index (Phi) is 5.50. The first-order valence-corrected chi connectivity index (χ1v) is 13.2. The van der Waals surface area contributed by atoms with Crippen LogP contribution in [0, 0.1) is 0 Å². The molecule has 0 spiro atoms. The van der Waals surface area contributed by atoms with Crippen LogP contribution in [0.4, 0.5) is 11.4 Å². The number of aromatic nitrogens is 2. The zero-order valence-corrected chi connectivity index (χ0v) is 19.2. The number of aryl methyl sites for hydroxylation is 3. The summed E-state index contributed by atoms with van der Waals surface area (Å²) in [5.41, 5.74) is 2.26. The van der Waals surface area contributed by atoms with Gasteiger partial charge in [-0.1, -0.05) is 0 Å². The van der Waals surface area contributed by atoms with Crippen molar-refractivity contribution in [3.05, 3.63) is 51.4 Å². The molecule has 32 heavy (non-hydrogen) atoms. The smallest absolute Gasteiger partial charge is 0.262 e. The Morgan fingerprint density at radius 3 is 2.66 bits per heavy atom. The van der Waals surface area contributed by atoms with Gasteiger partial charge in [-0.25, -0.2) is 13.4 Å². The SMILES string of the molecule is O=C(CCn1cnc2sc3c(c2c1=O)CCCC3)Nc1ccc(N2CCCS2(=O)=O)cc1. The van der Waals surface area contributed by atoms with Gasteiger partial charge < -0.3 is 5.32 Å². The zero-order valence-electron chi connectivity index (χ0n) is 17.5. The van der Waals surface area contributed by atoms with E-state index in [9.17, 15) is 18.0 Å². The van der Waals surface area contributed by atoms with Crippen molar-refractivity contribution in [3.8, 4) is 0 Å². The number of carbonyl (C=O) groups is 1. The van der Waals surface area contributed by atoms with Gasteiger partial charge >= 0.3 is 0 Å². The van der Waals surface area contributed by atoms with Gasteiger partial charge in [0.1, 0.15) is 4.83 Å². The van der Waals surface area contributed by atoms with Crippen LogP contribution >= 0.6 is 11.3 Å². The van der Waals surface area contributed by atoms with Crippen molar-refractivity contribution in [2.45, 2.75) is 45.1 Å². The number of amides is 1. The number of fused-ring (bicyclic) bond motifs is 3. The van der Waals surface area contributed by atoms with Crippen LogP contribution in [0.2, 0.25) is 0 Å². The number of thiophene rings is 1. The molecule has 1 aliphatic heterocycles. The number of nitrogens with zero attached hydrogens (tertiary/aromatic N) is 3. The molecule has 0 bridgehead atoms. The molecule has 3 aromatic rings. The first-order chi connectivity index (χ1) is 15.4. The van der Waals surface area contributed by atoms with E-state index in [-0.39, 0.29) is 30.2 Å². The largest absolute Gasteiger partial charge is 0.326 e. The highest BCUT2D eigenvalue weighted by molar-refractivity contribution is 7.93. The molecule has 8 nitrogen and oxygen atoms in total. The van der Waals surface area contributed by atoms with Gasteiger partial charge in [0, 0.05) is 30.1 Å². The Bertz CT molecular complexity index is 1340. The van der Waals surface area contributed by atoms with Crippen molar-refractivity contribution >= 4 is 48.9 Å². The van der Waals surface area contributed by atoms with Gasteiger partial charge in [0.05, 0.1) is 23.2 Å². The van der Waals surface area contributed by atoms with Crippen molar-refractivity contribution < 1.29 is 13.2 Å². The van der Waals surface area contributed by atoms with E-state index in [0.717, 1.165) is 41.5 Å². The third-order valence-corrected chi connectivity index (χ3v) is 9.13. The lowest BCUT2D eigenvalue weighted by Crippen LogP contribution is -2.25. The predicted octanol–water partition coefficient (Wildman–Crippen LogP) is 2.91. The number of sulfonamides is 1. The fraction of sp³-hybridized carbons (Fsp3) is 0.409. The number of rotatable bonds is 5. The standard InChI is InChI=1S/C22H24N4O4S2/c27-19(24-15-6-8-16(9-7-15)26-11-3-13-32(26,29)30)10-12-25-14-23-21-20(22(25)28)17-4-1-2-5-18(17)31-21/h6-9,14H,1-5,10-13H2,(H,24,27). The van der Waals surface area contributed by atoms with Gasteiger partial charge in [-0.05, 0) is 61.9 Å². The summed E-state index contributed by atoms with van der Waals surface area (Å²) in [6, 6.07) is 6.78. The van der Waals surface area contributed by atoms with E-state index in [1.807, 2.05) is 0 Å². The molecule has 1 amide bonds. The van der Waals surface area contributed by atoms with Crippen LogP contribution in [0.15, 0.2) is 35.4 Å². The normalized spacial score (nSPS) is 17.4. The molecule has 10 heteroatoms. The van der Waals surface area contributed by atoms with E-state index in [2.05, 4.69) is 10.3 Å². The van der Waals surface area contributed by atoms with Crippen LogP contribution in [-0.2, 0) is 34.2 Å². The second-order valence-electron chi connectivity index (χ2n) is 8.22. The average molecular weight is 473 g/mol. The van der Waals surface area contributed by atoms with Crippen LogP contribution < -0.4 is 15.2 Å². The first-order valence-electron chi connectivity index (χ1n) is 10.8. The van der Waals surface area contributed by atoms with E-state index in [1.54, 1.807) is 35.6 Å². The number of carbonyl (C=O) groups excluding carboxylic acids is 1. The maximum atomic E-state index is 13.0. The van der Waals surface area contributed by atoms with E-state index in [0.29, 0.717) is 24.3 Å². The Morgan fingerprint density at radius 1 is 1.12 bits per heavy atom. The molecule has 1 saturated heterocycles. The Morgan fingerprint density at radius 2 is 1.91 bits per heavy atom. The second-order valence-corrected chi connectivity index (χ2v) is 11.3. The number of nitrogens with one attached hydrogen (secondary N) is 1. The summed E-state index contributed by atoms with van der Waals surface area (Å²) < 4.78 is 27.0. The molecule has 0 radical (unpaired) electrons. The summed E-state index contributed by atoms with van der Waals surface area (Å²) in [6.07, 6.45) is 6.48. The third-order valence-electron chi connectivity index (χ3n) is 6.06. The van der Waals surface area contributed by atoms with Gasteiger partial charge in [-0.3, -0.25) is 18.5 Å². The maximum absolute atomic E-state index is 13.0. The molecule has 168 valence electrons. The minimum Gasteiger partial charge on any atom is -0.326 e. The quantitative estimate of drug-likeness (QED) is 0.615. The molecule has 1 aliphatic carbocycles. The Labute approximate surface area is 189 Å². The van der Waals surface area contributed by atoms with Crippen molar-refractivity contribution in [2.24, 2.45) is 0 Å². The van der Waals surface area contributed by atoms with Crippen molar-refractivity contribution in [1.29, 1.82) is 0 Å². The van der Waals surface area contributed by atoms with E-state index >= 15 is 0 Å². The van der Waals surface area contributed by atoms with Crippen LogP contribution in [0.25, 0.3) is 10.2 Å². The molecule has 1 N–H and O–H groups in total. The molecule has 5 rings (SSSR count). The highest BCUT2D eigenvalue weighted by atomic mass is 32.2. The Balaban J connectivity index is 1.25. The number of hydrogen-bond donors (Lipinski definition) is 1. The fourth-order valence-electron chi connectivity index (χ4n) is 4.43. The van der Waals surface area contributed by atoms with Gasteiger partial charge in [0.25, 0.3) is 5.56 Å². The molecule has 2 aliphatic rings. The van der Waals surface area contributed by atoms with E-state index < -0.39 is 10.0 Å². The summed E-state index contributed by atoms with van der Waals surface area (Å²) in [4.78, 5) is 32.0. The van der Waals surface area contributed by atoms with Gasteiger partial charge in [0.15, 0.2) is 0 Å². The molecule has 1 aromatic carbocycles. The lowest BCUT2D eigenvalue weighted by Gasteiger charge is -2.17. The maximum Gasteiger partial charge on any atom is 0.262 e. The number of anilines is 2.